The lowest BCUT2D eigenvalue weighted by Gasteiger charge is -2.64. The Bertz CT molecular complexity index is 798. The van der Waals surface area contributed by atoms with Crippen LogP contribution in [0.1, 0.15) is 43.7 Å². The highest BCUT2D eigenvalue weighted by atomic mass is 16.7. The molecule has 2 fully saturated rings. The quantitative estimate of drug-likeness (QED) is 0.772. The maximum Gasteiger partial charge on any atom is 0.508 e. The van der Waals surface area contributed by atoms with E-state index in [1.54, 1.807) is 21.1 Å². The number of carbonyl (C=O) groups excluding carboxylic acids is 1. The van der Waals surface area contributed by atoms with E-state index >= 15 is 0 Å². The number of carbonyl (C=O) groups is 1. The Labute approximate surface area is 171 Å². The maximum atomic E-state index is 12.1. The van der Waals surface area contributed by atoms with Crippen molar-refractivity contribution in [3.63, 3.8) is 0 Å². The summed E-state index contributed by atoms with van der Waals surface area (Å²) in [6, 6.07) is 4.04. The first kappa shape index (κ1) is 20.3. The lowest BCUT2D eigenvalue weighted by atomic mass is 9.49. The number of piperidine rings is 1. The number of ether oxygens (including phenoxy) is 4. The summed E-state index contributed by atoms with van der Waals surface area (Å²) in [7, 11) is 5.35. The number of aliphatic hydroxyl groups is 1. The monoisotopic (exact) mass is 405 g/mol. The summed E-state index contributed by atoms with van der Waals surface area (Å²) in [5.74, 6) is 1.34. The fraction of sp³-hybridized carbons (Fsp3) is 0.682. The molecule has 1 aromatic rings. The number of fused-ring (bicyclic) bond motifs is 1. The van der Waals surface area contributed by atoms with Crippen LogP contribution >= 0.6 is 0 Å². The predicted molar refractivity (Wildman–Crippen MR) is 107 cm³/mol. The van der Waals surface area contributed by atoms with E-state index in [1.807, 2.05) is 6.07 Å². The van der Waals surface area contributed by atoms with E-state index in [0.717, 1.165) is 24.9 Å². The van der Waals surface area contributed by atoms with Crippen molar-refractivity contribution in [2.45, 2.75) is 62.2 Å². The van der Waals surface area contributed by atoms with Crippen LogP contribution in [-0.2, 0) is 21.3 Å². The molecule has 2 aliphatic carbocycles. The van der Waals surface area contributed by atoms with Crippen molar-refractivity contribution in [2.75, 3.05) is 34.4 Å². The number of rotatable bonds is 4. The molecule has 1 heterocycles. The van der Waals surface area contributed by atoms with Crippen LogP contribution in [-0.4, -0.2) is 68.3 Å². The van der Waals surface area contributed by atoms with Crippen molar-refractivity contribution >= 4 is 6.16 Å². The molecule has 1 saturated carbocycles. The van der Waals surface area contributed by atoms with Crippen LogP contribution in [0, 0.1) is 0 Å². The number of methoxy groups -OCH3 is 2. The highest BCUT2D eigenvalue weighted by Crippen LogP contribution is 2.61. The van der Waals surface area contributed by atoms with Gasteiger partial charge in [-0.1, -0.05) is 6.07 Å². The maximum absolute atomic E-state index is 12.1. The van der Waals surface area contributed by atoms with Crippen molar-refractivity contribution in [3.8, 4) is 11.5 Å². The molecule has 3 aliphatic rings. The van der Waals surface area contributed by atoms with Gasteiger partial charge in [0.15, 0.2) is 11.5 Å². The van der Waals surface area contributed by atoms with Crippen LogP contribution in [0.15, 0.2) is 12.1 Å². The first-order chi connectivity index (χ1) is 13.9. The topological polar surface area (TPSA) is 77.5 Å². The van der Waals surface area contributed by atoms with E-state index in [2.05, 4.69) is 18.0 Å². The molecule has 7 nitrogen and oxygen atoms in total. The minimum Gasteiger partial charge on any atom is -0.493 e. The second kappa shape index (κ2) is 7.36. The predicted octanol–water partition coefficient (Wildman–Crippen LogP) is 2.66. The highest BCUT2D eigenvalue weighted by Gasteiger charge is 2.65. The van der Waals surface area contributed by atoms with Gasteiger partial charge in [0, 0.05) is 17.0 Å². The summed E-state index contributed by atoms with van der Waals surface area (Å²) in [5, 5.41) is 12.1. The summed E-state index contributed by atoms with van der Waals surface area (Å²) in [6.07, 6.45) is 2.29. The minimum atomic E-state index is -0.916. The molecule has 4 atom stereocenters. The van der Waals surface area contributed by atoms with Gasteiger partial charge in [-0.3, -0.25) is 0 Å². The fourth-order valence-corrected chi connectivity index (χ4v) is 6.01. The molecule has 1 N–H and O–H groups in total. The van der Waals surface area contributed by atoms with E-state index in [1.165, 1.54) is 5.56 Å². The third-order valence-electron chi connectivity index (χ3n) is 7.28. The standard InChI is InChI=1S/C22H31NO6/c1-5-28-20(24)29-15-8-9-22(25)17-12-14-6-7-16(26-3)19(27-4)18(14)21(22,13-15)10-11-23(17)2/h6-7,15,17,25H,5,8-13H2,1-4H3/t15-,17-,21-,22-/m1/s1. The van der Waals surface area contributed by atoms with Gasteiger partial charge in [-0.15, -0.1) is 0 Å². The Kier molecular flexibility index (Phi) is 5.15. The van der Waals surface area contributed by atoms with E-state index in [9.17, 15) is 9.90 Å². The molecular formula is C22H31NO6. The van der Waals surface area contributed by atoms with E-state index in [0.29, 0.717) is 30.8 Å². The molecule has 29 heavy (non-hydrogen) atoms. The minimum absolute atomic E-state index is 0.0189. The number of likely N-dealkylation sites (N-methyl/N-ethyl adjacent to an activating group) is 1. The summed E-state index contributed by atoms with van der Waals surface area (Å²) in [4.78, 5) is 14.3. The van der Waals surface area contributed by atoms with Crippen LogP contribution in [0.3, 0.4) is 0 Å². The summed E-state index contributed by atoms with van der Waals surface area (Å²) in [5.41, 5.74) is 0.706. The zero-order chi connectivity index (χ0) is 20.8. The first-order valence-electron chi connectivity index (χ1n) is 10.4. The normalized spacial score (nSPS) is 33.3. The van der Waals surface area contributed by atoms with Gasteiger partial charge in [0.25, 0.3) is 0 Å². The average molecular weight is 405 g/mol. The Morgan fingerprint density at radius 3 is 2.76 bits per heavy atom. The average Bonchev–Trinajstić information content (AvgIpc) is 2.70. The molecule has 0 spiro atoms. The molecule has 160 valence electrons. The highest BCUT2D eigenvalue weighted by molar-refractivity contribution is 5.61. The Morgan fingerprint density at radius 1 is 1.28 bits per heavy atom. The summed E-state index contributed by atoms with van der Waals surface area (Å²) >= 11 is 0. The number of benzene rings is 1. The lowest BCUT2D eigenvalue weighted by molar-refractivity contribution is -0.179. The van der Waals surface area contributed by atoms with Gasteiger partial charge in [-0.05, 0) is 64.3 Å². The van der Waals surface area contributed by atoms with Gasteiger partial charge in [0.2, 0.25) is 0 Å². The molecule has 0 radical (unpaired) electrons. The smallest absolute Gasteiger partial charge is 0.493 e. The first-order valence-corrected chi connectivity index (χ1v) is 10.4. The zero-order valence-electron chi connectivity index (χ0n) is 17.7. The third-order valence-corrected chi connectivity index (χ3v) is 7.28. The molecule has 0 unspecified atom stereocenters. The molecule has 1 aromatic carbocycles. The number of nitrogens with zero attached hydrogens (tertiary/aromatic N) is 1. The summed E-state index contributed by atoms with van der Waals surface area (Å²) < 4.78 is 22.0. The van der Waals surface area contributed by atoms with Gasteiger partial charge in [-0.2, -0.15) is 0 Å². The SMILES string of the molecule is CCOC(=O)O[C@@H]1CC[C@@]2(O)[C@H]3Cc4ccc(OC)c(OC)c4[C@@]2(CCN3C)C1. The summed E-state index contributed by atoms with van der Waals surface area (Å²) in [6.45, 7) is 2.90. The Morgan fingerprint density at radius 2 is 2.07 bits per heavy atom. The molecule has 7 heteroatoms. The molecule has 1 saturated heterocycles. The lowest BCUT2D eigenvalue weighted by Crippen LogP contribution is -2.73. The van der Waals surface area contributed by atoms with Crippen molar-refractivity contribution in [2.24, 2.45) is 0 Å². The van der Waals surface area contributed by atoms with Gasteiger partial charge >= 0.3 is 6.16 Å². The van der Waals surface area contributed by atoms with Gasteiger partial charge in [0.1, 0.15) is 6.10 Å². The Balaban J connectivity index is 1.83. The molecule has 2 bridgehead atoms. The van der Waals surface area contributed by atoms with E-state index in [4.69, 9.17) is 18.9 Å². The van der Waals surface area contributed by atoms with Crippen LogP contribution < -0.4 is 9.47 Å². The molecule has 1 aliphatic heterocycles. The molecule has 0 amide bonds. The Hall–Kier alpha value is -1.99. The second-order valence-corrected chi connectivity index (χ2v) is 8.46. The van der Waals surface area contributed by atoms with Gasteiger partial charge in [0.05, 0.1) is 26.4 Å². The van der Waals surface area contributed by atoms with Gasteiger partial charge < -0.3 is 29.0 Å². The second-order valence-electron chi connectivity index (χ2n) is 8.46. The van der Waals surface area contributed by atoms with Crippen molar-refractivity contribution in [1.82, 2.24) is 4.90 Å². The number of likely N-dealkylation sites (tertiary alicyclic amines) is 1. The van der Waals surface area contributed by atoms with E-state index < -0.39 is 17.2 Å². The zero-order valence-corrected chi connectivity index (χ0v) is 17.7. The van der Waals surface area contributed by atoms with Crippen LogP contribution in [0.25, 0.3) is 0 Å². The van der Waals surface area contributed by atoms with Crippen LogP contribution in [0.4, 0.5) is 4.79 Å². The number of hydrogen-bond acceptors (Lipinski definition) is 7. The largest absolute Gasteiger partial charge is 0.508 e. The third kappa shape index (κ3) is 2.89. The van der Waals surface area contributed by atoms with Gasteiger partial charge in [-0.25, -0.2) is 4.79 Å². The molecular weight excluding hydrogens is 374 g/mol. The fourth-order valence-electron chi connectivity index (χ4n) is 6.01. The number of hydrogen-bond donors (Lipinski definition) is 1. The van der Waals surface area contributed by atoms with Crippen molar-refractivity contribution in [1.29, 1.82) is 0 Å². The molecule has 0 aromatic heterocycles. The van der Waals surface area contributed by atoms with Crippen LogP contribution in [0.2, 0.25) is 0 Å². The van der Waals surface area contributed by atoms with E-state index in [-0.39, 0.29) is 18.8 Å². The van der Waals surface area contributed by atoms with Crippen molar-refractivity contribution < 1.29 is 28.8 Å². The molecule has 4 rings (SSSR count). The van der Waals surface area contributed by atoms with Crippen molar-refractivity contribution in [3.05, 3.63) is 23.3 Å². The van der Waals surface area contributed by atoms with Crippen LogP contribution in [0.5, 0.6) is 11.5 Å².